The summed E-state index contributed by atoms with van der Waals surface area (Å²) in [7, 11) is 0. The van der Waals surface area contributed by atoms with E-state index in [2.05, 4.69) is 15.4 Å². The number of rotatable bonds is 8. The summed E-state index contributed by atoms with van der Waals surface area (Å²) in [5.41, 5.74) is 6.78. The summed E-state index contributed by atoms with van der Waals surface area (Å²) >= 11 is 0. The lowest BCUT2D eigenvalue weighted by Gasteiger charge is -2.13. The van der Waals surface area contributed by atoms with Gasteiger partial charge in [-0.15, -0.1) is 0 Å². The van der Waals surface area contributed by atoms with Crippen LogP contribution < -0.4 is 16.4 Å². The number of carbonyl (C=O) groups excluding carboxylic acids is 2. The van der Waals surface area contributed by atoms with Gasteiger partial charge in [0.25, 0.3) is 0 Å². The van der Waals surface area contributed by atoms with Crippen LogP contribution in [0.15, 0.2) is 48.5 Å². The average Bonchev–Trinajstić information content (AvgIpc) is 2.64. The number of halogens is 1. The number of hydrogen-bond donors (Lipinski definition) is 4. The van der Waals surface area contributed by atoms with E-state index in [0.29, 0.717) is 6.42 Å². The van der Waals surface area contributed by atoms with Gasteiger partial charge < -0.3 is 20.9 Å². The molecule has 0 aromatic heterocycles. The van der Waals surface area contributed by atoms with Crippen LogP contribution in [0.5, 0.6) is 0 Å². The van der Waals surface area contributed by atoms with Crippen LogP contribution in [0.1, 0.15) is 12.0 Å². The molecule has 0 spiro atoms. The zero-order valence-corrected chi connectivity index (χ0v) is 14.9. The highest BCUT2D eigenvalue weighted by Gasteiger charge is 2.16. The Labute approximate surface area is 160 Å². The Bertz CT molecular complexity index is 845. The monoisotopic (exact) mass is 389 g/mol. The Morgan fingerprint density at radius 3 is 2.46 bits per heavy atom. The molecular weight excluding hydrogens is 369 g/mol. The van der Waals surface area contributed by atoms with Crippen LogP contribution in [0.25, 0.3) is 0 Å². The van der Waals surface area contributed by atoms with Crippen molar-refractivity contribution < 1.29 is 28.6 Å². The molecule has 0 bridgehead atoms. The molecule has 148 valence electrons. The van der Waals surface area contributed by atoms with Crippen molar-refractivity contribution in [2.45, 2.75) is 18.9 Å². The summed E-state index contributed by atoms with van der Waals surface area (Å²) in [6, 6.07) is 12.1. The smallest absolute Gasteiger partial charge is 0.411 e. The van der Waals surface area contributed by atoms with E-state index in [1.54, 1.807) is 0 Å². The lowest BCUT2D eigenvalue weighted by Crippen LogP contribution is -2.37. The van der Waals surface area contributed by atoms with Crippen molar-refractivity contribution in [3.63, 3.8) is 0 Å². The Morgan fingerprint density at radius 2 is 1.82 bits per heavy atom. The minimum absolute atomic E-state index is 0.174. The predicted molar refractivity (Wildman–Crippen MR) is 100 cm³/mol. The zero-order chi connectivity index (χ0) is 20.5. The van der Waals surface area contributed by atoms with Gasteiger partial charge in [0.15, 0.2) is 0 Å². The molecule has 2 amide bonds. The van der Waals surface area contributed by atoms with E-state index < -0.39 is 29.8 Å². The van der Waals surface area contributed by atoms with Crippen LogP contribution in [0.3, 0.4) is 0 Å². The average molecular weight is 389 g/mol. The quantitative estimate of drug-likeness (QED) is 0.548. The van der Waals surface area contributed by atoms with Crippen molar-refractivity contribution in [3.8, 4) is 0 Å². The molecule has 0 saturated heterocycles. The molecule has 8 nitrogen and oxygen atoms in total. The maximum atomic E-state index is 14.1. The molecule has 0 aliphatic carbocycles. The summed E-state index contributed by atoms with van der Waals surface area (Å²) < 4.78 is 18.7. The van der Waals surface area contributed by atoms with Gasteiger partial charge >= 0.3 is 12.1 Å². The minimum Gasteiger partial charge on any atom is -0.481 e. The van der Waals surface area contributed by atoms with Gasteiger partial charge in [0.1, 0.15) is 12.4 Å². The van der Waals surface area contributed by atoms with Crippen molar-refractivity contribution in [3.05, 3.63) is 59.9 Å². The summed E-state index contributed by atoms with van der Waals surface area (Å²) in [6.07, 6.45) is -1.01. The van der Waals surface area contributed by atoms with E-state index in [9.17, 15) is 18.8 Å². The lowest BCUT2D eigenvalue weighted by molar-refractivity contribution is -0.137. The summed E-state index contributed by atoms with van der Waals surface area (Å²) in [5.74, 6) is -2.40. The molecule has 0 fully saturated rings. The number of anilines is 2. The molecule has 1 atom stereocenters. The fraction of sp³-hybridized carbons (Fsp3) is 0.211. The topological polar surface area (TPSA) is 131 Å². The number of nitrogens with one attached hydrogen (secondary N) is 2. The number of ether oxygens (including phenoxy) is 1. The molecule has 5 N–H and O–H groups in total. The van der Waals surface area contributed by atoms with Crippen molar-refractivity contribution in [1.82, 2.24) is 0 Å². The molecule has 2 rings (SSSR count). The lowest BCUT2D eigenvalue weighted by atomic mass is 10.1. The molecule has 9 heteroatoms. The maximum Gasteiger partial charge on any atom is 0.411 e. The van der Waals surface area contributed by atoms with Gasteiger partial charge in [0.05, 0.1) is 18.2 Å². The molecule has 0 saturated carbocycles. The summed E-state index contributed by atoms with van der Waals surface area (Å²) in [6.45, 7) is -0.337. The zero-order valence-electron chi connectivity index (χ0n) is 14.9. The molecule has 28 heavy (non-hydrogen) atoms. The Kier molecular flexibility index (Phi) is 7.46. The van der Waals surface area contributed by atoms with Crippen LogP contribution in [-0.2, 0) is 20.7 Å². The first-order valence-corrected chi connectivity index (χ1v) is 8.40. The van der Waals surface area contributed by atoms with Crippen molar-refractivity contribution >= 4 is 29.3 Å². The standard InChI is InChI=1S/C19H20FN3O5/c20-14-11-13(6-7-16(14)23-19(27)28-9-8-17(24)25)22-18(26)15(21)10-12-4-2-1-3-5-12/h1-7,11,15H,8-10,21H2,(H,22,26)(H,23,27)(H,24,25)/t15-/m0/s1. The Hall–Kier alpha value is -3.46. The number of carbonyl (C=O) groups is 3. The number of carboxylic acid groups (broad SMARTS) is 1. The van der Waals surface area contributed by atoms with Crippen LogP contribution in [0.2, 0.25) is 0 Å². The third-order valence-electron chi connectivity index (χ3n) is 3.66. The van der Waals surface area contributed by atoms with Crippen LogP contribution in [-0.4, -0.2) is 35.7 Å². The SMILES string of the molecule is N[C@@H](Cc1ccccc1)C(=O)Nc1ccc(NC(=O)OCCC(=O)O)c(F)c1. The van der Waals surface area contributed by atoms with Crippen molar-refractivity contribution in [2.75, 3.05) is 17.2 Å². The molecule has 2 aromatic carbocycles. The number of benzene rings is 2. The minimum atomic E-state index is -1.12. The number of aliphatic carboxylic acids is 1. The molecule has 0 radical (unpaired) electrons. The summed E-state index contributed by atoms with van der Waals surface area (Å²) in [5, 5.41) is 13.1. The third-order valence-corrected chi connectivity index (χ3v) is 3.66. The first-order chi connectivity index (χ1) is 13.3. The number of hydrogen-bond acceptors (Lipinski definition) is 5. The van der Waals surface area contributed by atoms with Gasteiger partial charge in [-0.1, -0.05) is 30.3 Å². The van der Waals surface area contributed by atoms with Crippen LogP contribution in [0.4, 0.5) is 20.6 Å². The Morgan fingerprint density at radius 1 is 1.11 bits per heavy atom. The van der Waals surface area contributed by atoms with Gasteiger partial charge in [-0.05, 0) is 30.2 Å². The Balaban J connectivity index is 1.89. The molecule has 0 aliphatic heterocycles. The van der Waals surface area contributed by atoms with Crippen molar-refractivity contribution in [2.24, 2.45) is 5.73 Å². The van der Waals surface area contributed by atoms with Gasteiger partial charge in [-0.25, -0.2) is 9.18 Å². The van der Waals surface area contributed by atoms with Gasteiger partial charge in [-0.3, -0.25) is 14.9 Å². The van der Waals surface area contributed by atoms with Crippen molar-refractivity contribution in [1.29, 1.82) is 0 Å². The second kappa shape index (κ2) is 10.0. The van der Waals surface area contributed by atoms with Gasteiger partial charge in [-0.2, -0.15) is 0 Å². The van der Waals surface area contributed by atoms with E-state index in [4.69, 9.17) is 10.8 Å². The van der Waals surface area contributed by atoms with Gasteiger partial charge in [0, 0.05) is 5.69 Å². The largest absolute Gasteiger partial charge is 0.481 e. The summed E-state index contributed by atoms with van der Waals surface area (Å²) in [4.78, 5) is 34.0. The van der Waals surface area contributed by atoms with Crippen LogP contribution >= 0.6 is 0 Å². The van der Waals surface area contributed by atoms with E-state index in [1.165, 1.54) is 12.1 Å². The second-order valence-electron chi connectivity index (χ2n) is 5.88. The first kappa shape index (κ1) is 20.8. The molecule has 2 aromatic rings. The van der Waals surface area contributed by atoms with E-state index >= 15 is 0 Å². The second-order valence-corrected chi connectivity index (χ2v) is 5.88. The highest BCUT2D eigenvalue weighted by molar-refractivity contribution is 5.95. The molecule has 0 unspecified atom stereocenters. The highest BCUT2D eigenvalue weighted by Crippen LogP contribution is 2.19. The predicted octanol–water partition coefficient (Wildman–Crippen LogP) is 2.36. The fourth-order valence-corrected chi connectivity index (χ4v) is 2.27. The van der Waals surface area contributed by atoms with E-state index in [-0.39, 0.29) is 24.4 Å². The highest BCUT2D eigenvalue weighted by atomic mass is 19.1. The number of nitrogens with two attached hydrogens (primary N) is 1. The fourth-order valence-electron chi connectivity index (χ4n) is 2.27. The van der Waals surface area contributed by atoms with E-state index in [1.807, 2.05) is 30.3 Å². The van der Waals surface area contributed by atoms with Gasteiger partial charge in [0.2, 0.25) is 5.91 Å². The number of amides is 2. The number of carboxylic acids is 1. The normalized spacial score (nSPS) is 11.4. The molecule has 0 aliphatic rings. The molecule has 0 heterocycles. The molecular formula is C19H20FN3O5. The maximum absolute atomic E-state index is 14.1. The van der Waals surface area contributed by atoms with Crippen LogP contribution in [0, 0.1) is 5.82 Å². The third kappa shape index (κ3) is 6.69. The first-order valence-electron chi connectivity index (χ1n) is 8.40. The van der Waals surface area contributed by atoms with E-state index in [0.717, 1.165) is 11.6 Å².